The Morgan fingerprint density at radius 2 is 2.04 bits per heavy atom. The Morgan fingerprint density at radius 1 is 1.25 bits per heavy atom. The lowest BCUT2D eigenvalue weighted by atomic mass is 10.0. The molecule has 24 heavy (non-hydrogen) atoms. The van der Waals surface area contributed by atoms with Crippen molar-refractivity contribution in [2.24, 2.45) is 0 Å². The van der Waals surface area contributed by atoms with Crippen LogP contribution in [-0.4, -0.2) is 51.5 Å². The summed E-state index contributed by atoms with van der Waals surface area (Å²) in [5, 5.41) is 4.46. The molecule has 2 heterocycles. The predicted octanol–water partition coefficient (Wildman–Crippen LogP) is 2.62. The van der Waals surface area contributed by atoms with E-state index in [4.69, 9.17) is 4.74 Å². The van der Waals surface area contributed by atoms with Crippen LogP contribution in [0, 0.1) is 13.8 Å². The van der Waals surface area contributed by atoms with Crippen LogP contribution >= 0.6 is 0 Å². The number of nitrogens with zero attached hydrogens (tertiary/aromatic N) is 4. The number of hydrogen-bond donors (Lipinski definition) is 0. The van der Waals surface area contributed by atoms with Gasteiger partial charge in [-0.05, 0) is 39.2 Å². The van der Waals surface area contributed by atoms with Crippen LogP contribution in [-0.2, 0) is 17.7 Å². The summed E-state index contributed by atoms with van der Waals surface area (Å²) < 4.78 is 7.93. The fourth-order valence-corrected chi connectivity index (χ4v) is 3.38. The van der Waals surface area contributed by atoms with Gasteiger partial charge < -0.3 is 4.74 Å². The zero-order valence-corrected chi connectivity index (χ0v) is 15.0. The highest BCUT2D eigenvalue weighted by atomic mass is 16.5. The quantitative estimate of drug-likeness (QED) is 0.817. The van der Waals surface area contributed by atoms with Crippen molar-refractivity contribution in [1.29, 1.82) is 0 Å². The molecule has 1 aliphatic rings. The van der Waals surface area contributed by atoms with E-state index in [0.717, 1.165) is 44.3 Å². The first kappa shape index (κ1) is 17.1. The molecule has 1 aromatic heterocycles. The maximum absolute atomic E-state index is 5.96. The maximum atomic E-state index is 5.96. The van der Waals surface area contributed by atoms with Crippen LogP contribution in [0.3, 0.4) is 0 Å². The van der Waals surface area contributed by atoms with Gasteiger partial charge in [0.2, 0.25) is 0 Å². The average molecular weight is 328 g/mol. The van der Waals surface area contributed by atoms with E-state index in [2.05, 4.69) is 52.2 Å². The number of aromatic nitrogens is 3. The molecule has 1 aromatic carbocycles. The largest absolute Gasteiger partial charge is 0.374 e. The van der Waals surface area contributed by atoms with Crippen molar-refractivity contribution in [3.05, 3.63) is 47.5 Å². The molecule has 5 nitrogen and oxygen atoms in total. The third kappa shape index (κ3) is 4.42. The summed E-state index contributed by atoms with van der Waals surface area (Å²) in [7, 11) is 0. The lowest BCUT2D eigenvalue weighted by Gasteiger charge is -2.37. The summed E-state index contributed by atoms with van der Waals surface area (Å²) in [4.78, 5) is 6.93. The molecule has 2 atom stereocenters. The summed E-state index contributed by atoms with van der Waals surface area (Å²) in [6.07, 6.45) is 2.50. The SMILES string of the molecule is Cc1nc(C)n(CC2CN(C(C)CCc3ccccc3)CCO2)n1. The fraction of sp³-hybridized carbons (Fsp3) is 0.579. The second kappa shape index (κ2) is 7.90. The highest BCUT2D eigenvalue weighted by Crippen LogP contribution is 2.15. The molecule has 1 fully saturated rings. The van der Waals surface area contributed by atoms with E-state index in [1.165, 1.54) is 12.0 Å². The standard InChI is InChI=1S/C19H28N4O/c1-15(9-10-18-7-5-4-6-8-18)22-11-12-24-19(13-22)14-23-17(3)20-16(2)21-23/h4-8,15,19H,9-14H2,1-3H3. The first-order valence-corrected chi connectivity index (χ1v) is 8.89. The number of aryl methyl sites for hydroxylation is 3. The van der Waals surface area contributed by atoms with Gasteiger partial charge in [-0.2, -0.15) is 5.10 Å². The Kier molecular flexibility index (Phi) is 5.63. The van der Waals surface area contributed by atoms with Crippen LogP contribution in [0.15, 0.2) is 30.3 Å². The van der Waals surface area contributed by atoms with Crippen LogP contribution < -0.4 is 0 Å². The minimum Gasteiger partial charge on any atom is -0.374 e. The first-order valence-electron chi connectivity index (χ1n) is 8.89. The normalized spacial score (nSPS) is 20.2. The Hall–Kier alpha value is -1.72. The summed E-state index contributed by atoms with van der Waals surface area (Å²) >= 11 is 0. The van der Waals surface area contributed by atoms with Gasteiger partial charge in [-0.1, -0.05) is 30.3 Å². The third-order valence-corrected chi connectivity index (χ3v) is 4.83. The highest BCUT2D eigenvalue weighted by molar-refractivity contribution is 5.14. The summed E-state index contributed by atoms with van der Waals surface area (Å²) in [6.45, 7) is 9.83. The monoisotopic (exact) mass is 328 g/mol. The van der Waals surface area contributed by atoms with Gasteiger partial charge in [0.05, 0.1) is 19.3 Å². The van der Waals surface area contributed by atoms with Gasteiger partial charge in [0.1, 0.15) is 11.6 Å². The number of hydrogen-bond acceptors (Lipinski definition) is 4. The van der Waals surface area contributed by atoms with Crippen molar-refractivity contribution in [3.63, 3.8) is 0 Å². The minimum absolute atomic E-state index is 0.192. The molecule has 1 saturated heterocycles. The van der Waals surface area contributed by atoms with Crippen LogP contribution in [0.1, 0.15) is 30.6 Å². The Bertz CT molecular complexity index is 640. The van der Waals surface area contributed by atoms with Crippen LogP contribution in [0.5, 0.6) is 0 Å². The topological polar surface area (TPSA) is 43.2 Å². The molecular formula is C19H28N4O. The maximum Gasteiger partial charge on any atom is 0.147 e. The first-order chi connectivity index (χ1) is 11.6. The molecule has 0 N–H and O–H groups in total. The van der Waals surface area contributed by atoms with Crippen molar-refractivity contribution >= 4 is 0 Å². The zero-order chi connectivity index (χ0) is 16.9. The Labute approximate surface area is 144 Å². The van der Waals surface area contributed by atoms with Crippen LogP contribution in [0.2, 0.25) is 0 Å². The van der Waals surface area contributed by atoms with E-state index < -0.39 is 0 Å². The van der Waals surface area contributed by atoms with Gasteiger partial charge >= 0.3 is 0 Å². The van der Waals surface area contributed by atoms with E-state index in [0.29, 0.717) is 6.04 Å². The Morgan fingerprint density at radius 3 is 2.75 bits per heavy atom. The van der Waals surface area contributed by atoms with Crippen molar-refractivity contribution in [1.82, 2.24) is 19.7 Å². The second-order valence-electron chi connectivity index (χ2n) is 6.75. The molecule has 0 saturated carbocycles. The molecule has 0 radical (unpaired) electrons. The smallest absolute Gasteiger partial charge is 0.147 e. The second-order valence-corrected chi connectivity index (χ2v) is 6.75. The molecule has 130 valence electrons. The summed E-state index contributed by atoms with van der Waals surface area (Å²) in [5.41, 5.74) is 1.42. The zero-order valence-electron chi connectivity index (χ0n) is 15.0. The number of benzene rings is 1. The average Bonchev–Trinajstić information content (AvgIpc) is 2.91. The molecule has 1 aliphatic heterocycles. The van der Waals surface area contributed by atoms with E-state index in [-0.39, 0.29) is 6.10 Å². The molecular weight excluding hydrogens is 300 g/mol. The molecule has 0 spiro atoms. The number of morpholine rings is 1. The lowest BCUT2D eigenvalue weighted by molar-refractivity contribution is -0.0503. The fourth-order valence-electron chi connectivity index (χ4n) is 3.38. The van der Waals surface area contributed by atoms with Gasteiger partial charge in [-0.15, -0.1) is 0 Å². The van der Waals surface area contributed by atoms with Gasteiger partial charge in [0.25, 0.3) is 0 Å². The molecule has 0 amide bonds. The third-order valence-electron chi connectivity index (χ3n) is 4.83. The van der Waals surface area contributed by atoms with E-state index >= 15 is 0 Å². The summed E-state index contributed by atoms with van der Waals surface area (Å²) in [6, 6.07) is 11.3. The van der Waals surface area contributed by atoms with E-state index in [1.54, 1.807) is 0 Å². The molecule has 0 aliphatic carbocycles. The van der Waals surface area contributed by atoms with Gasteiger partial charge in [-0.3, -0.25) is 4.90 Å². The van der Waals surface area contributed by atoms with Crippen molar-refractivity contribution in [3.8, 4) is 0 Å². The number of rotatable bonds is 6. The predicted molar refractivity (Wildman–Crippen MR) is 95.0 cm³/mol. The van der Waals surface area contributed by atoms with Gasteiger partial charge in [0.15, 0.2) is 0 Å². The molecule has 2 aromatic rings. The molecule has 3 rings (SSSR count). The van der Waals surface area contributed by atoms with Gasteiger partial charge in [-0.25, -0.2) is 9.67 Å². The number of ether oxygens (including phenoxy) is 1. The van der Waals surface area contributed by atoms with Crippen LogP contribution in [0.25, 0.3) is 0 Å². The Balaban J connectivity index is 1.52. The van der Waals surface area contributed by atoms with Crippen molar-refractivity contribution in [2.75, 3.05) is 19.7 Å². The van der Waals surface area contributed by atoms with Crippen LogP contribution in [0.4, 0.5) is 0 Å². The van der Waals surface area contributed by atoms with Crippen molar-refractivity contribution < 1.29 is 4.74 Å². The molecule has 2 unspecified atom stereocenters. The minimum atomic E-state index is 0.192. The summed E-state index contributed by atoms with van der Waals surface area (Å²) in [5.74, 6) is 1.79. The molecule has 5 heteroatoms. The van der Waals surface area contributed by atoms with E-state index in [9.17, 15) is 0 Å². The lowest BCUT2D eigenvalue weighted by Crippen LogP contribution is -2.48. The molecule has 0 bridgehead atoms. The van der Waals surface area contributed by atoms with Gasteiger partial charge in [0, 0.05) is 19.1 Å². The van der Waals surface area contributed by atoms with E-state index in [1.807, 2.05) is 18.5 Å². The van der Waals surface area contributed by atoms with Crippen molar-refractivity contribution in [2.45, 2.75) is 52.3 Å². The highest BCUT2D eigenvalue weighted by Gasteiger charge is 2.25.